The van der Waals surface area contributed by atoms with Crippen molar-refractivity contribution in [1.29, 1.82) is 0 Å². The van der Waals surface area contributed by atoms with Crippen LogP contribution in [0, 0.1) is 6.92 Å². The van der Waals surface area contributed by atoms with Crippen molar-refractivity contribution in [3.63, 3.8) is 0 Å². The van der Waals surface area contributed by atoms with E-state index in [2.05, 4.69) is 10.4 Å². The first-order valence-electron chi connectivity index (χ1n) is 7.46. The van der Waals surface area contributed by atoms with Gasteiger partial charge in [0.05, 0.1) is 17.6 Å². The lowest BCUT2D eigenvalue weighted by Crippen LogP contribution is -2.17. The lowest BCUT2D eigenvalue weighted by molar-refractivity contribution is -0.143. The Morgan fingerprint density at radius 3 is 2.69 bits per heavy atom. The summed E-state index contributed by atoms with van der Waals surface area (Å²) in [4.78, 5) is 23.3. The zero-order valence-corrected chi connectivity index (χ0v) is 13.2. The summed E-state index contributed by atoms with van der Waals surface area (Å²) in [5, 5.41) is 16.3. The molecular weight excluding hydrogens is 351 g/mol. The van der Waals surface area contributed by atoms with Gasteiger partial charge in [-0.1, -0.05) is 12.1 Å². The second-order valence-electron chi connectivity index (χ2n) is 5.89. The number of carboxylic acid groups (broad SMARTS) is 1. The number of benzene rings is 2. The number of aryl methyl sites for hydroxylation is 1. The first-order chi connectivity index (χ1) is 12.2. The molecule has 1 aliphatic rings. The summed E-state index contributed by atoms with van der Waals surface area (Å²) < 4.78 is 41.2. The van der Waals surface area contributed by atoms with Crippen LogP contribution >= 0.6 is 0 Å². The molecule has 4 rings (SSSR count). The maximum Gasteiger partial charge on any atom is 0.434 e. The summed E-state index contributed by atoms with van der Waals surface area (Å²) in [6.07, 6.45) is -4.25. The van der Waals surface area contributed by atoms with Crippen molar-refractivity contribution in [2.75, 3.05) is 5.32 Å². The zero-order valence-electron chi connectivity index (χ0n) is 13.2. The van der Waals surface area contributed by atoms with Gasteiger partial charge in [0.2, 0.25) is 0 Å². The third-order valence-electron chi connectivity index (χ3n) is 4.32. The number of aromatic carboxylic acids is 1. The fourth-order valence-corrected chi connectivity index (χ4v) is 3.25. The number of carbonyl (C=O) groups excluding carboxylic acids is 1. The van der Waals surface area contributed by atoms with Crippen molar-refractivity contribution < 1.29 is 27.9 Å². The summed E-state index contributed by atoms with van der Waals surface area (Å²) in [5.41, 5.74) is -0.828. The molecule has 1 aliphatic heterocycles. The number of alkyl halides is 3. The van der Waals surface area contributed by atoms with Crippen LogP contribution in [0.4, 0.5) is 18.9 Å². The molecule has 2 N–H and O–H groups in total. The van der Waals surface area contributed by atoms with Crippen molar-refractivity contribution in [1.82, 2.24) is 9.78 Å². The third kappa shape index (κ3) is 2.10. The van der Waals surface area contributed by atoms with Gasteiger partial charge in [-0.3, -0.25) is 4.79 Å². The molecule has 0 unspecified atom stereocenters. The molecular formula is C17H10F3N3O3. The third-order valence-corrected chi connectivity index (χ3v) is 4.32. The molecule has 0 bridgehead atoms. The Hall–Kier alpha value is -3.36. The van der Waals surface area contributed by atoms with E-state index in [1.165, 1.54) is 6.07 Å². The van der Waals surface area contributed by atoms with Crippen LogP contribution in [0.1, 0.15) is 32.0 Å². The number of rotatable bonds is 2. The van der Waals surface area contributed by atoms with E-state index in [1.807, 2.05) is 0 Å². The van der Waals surface area contributed by atoms with E-state index in [0.29, 0.717) is 38.5 Å². The van der Waals surface area contributed by atoms with E-state index in [4.69, 9.17) is 5.11 Å². The smallest absolute Gasteiger partial charge is 0.434 e. The highest BCUT2D eigenvalue weighted by Crippen LogP contribution is 2.41. The molecule has 6 nitrogen and oxygen atoms in total. The van der Waals surface area contributed by atoms with Crippen LogP contribution in [-0.4, -0.2) is 26.8 Å². The number of amides is 1. The van der Waals surface area contributed by atoms with Gasteiger partial charge in [0.1, 0.15) is 5.56 Å². The Kier molecular flexibility index (Phi) is 3.15. The maximum absolute atomic E-state index is 13.5. The molecule has 0 spiro atoms. The number of halogens is 3. The largest absolute Gasteiger partial charge is 0.478 e. The molecule has 0 radical (unpaired) electrons. The Labute approximate surface area is 143 Å². The Balaban J connectivity index is 2.12. The van der Waals surface area contributed by atoms with Gasteiger partial charge >= 0.3 is 12.1 Å². The second-order valence-corrected chi connectivity index (χ2v) is 5.89. The van der Waals surface area contributed by atoms with Crippen molar-refractivity contribution in [3.05, 3.63) is 52.8 Å². The minimum atomic E-state index is -4.92. The first kappa shape index (κ1) is 16.1. The summed E-state index contributed by atoms with van der Waals surface area (Å²) >= 11 is 0. The standard InChI is InChI=1S/C17H10F3N3O3/c1-7-5-11(8-3-2-4-9-12(8)13(7)22-15(9)24)23-14(17(18,19)20)10(6-21-23)16(25)26/h2-6H,1H3,(H,22,24)(H,25,26). The number of carboxylic acids is 1. The summed E-state index contributed by atoms with van der Waals surface area (Å²) in [5.74, 6) is -2.06. The van der Waals surface area contributed by atoms with E-state index in [0.717, 1.165) is 0 Å². The Morgan fingerprint density at radius 1 is 1.31 bits per heavy atom. The van der Waals surface area contributed by atoms with E-state index >= 15 is 0 Å². The van der Waals surface area contributed by atoms with Crippen LogP contribution in [0.2, 0.25) is 0 Å². The molecule has 9 heteroatoms. The van der Waals surface area contributed by atoms with Gasteiger partial charge in [-0.2, -0.15) is 18.3 Å². The number of nitrogens with zero attached hydrogens (tertiary/aromatic N) is 2. The highest BCUT2D eigenvalue weighted by atomic mass is 19.4. The van der Waals surface area contributed by atoms with Gasteiger partial charge in [0.25, 0.3) is 5.91 Å². The zero-order chi connectivity index (χ0) is 18.8. The van der Waals surface area contributed by atoms with Crippen LogP contribution in [0.15, 0.2) is 30.5 Å². The SMILES string of the molecule is Cc1cc(-n2ncc(C(=O)O)c2C(F)(F)F)c2cccc3c2c1NC3=O. The van der Waals surface area contributed by atoms with Crippen molar-refractivity contribution in [2.45, 2.75) is 13.1 Å². The van der Waals surface area contributed by atoms with E-state index in [9.17, 15) is 22.8 Å². The molecule has 0 aliphatic carbocycles. The minimum Gasteiger partial charge on any atom is -0.478 e. The van der Waals surface area contributed by atoms with E-state index < -0.39 is 23.4 Å². The molecule has 1 amide bonds. The predicted octanol–water partition coefficient (Wildman–Crippen LogP) is 3.62. The van der Waals surface area contributed by atoms with E-state index in [-0.39, 0.29) is 11.6 Å². The van der Waals surface area contributed by atoms with Crippen LogP contribution in [0.25, 0.3) is 16.5 Å². The van der Waals surface area contributed by atoms with Gasteiger partial charge in [-0.15, -0.1) is 0 Å². The number of nitrogens with one attached hydrogen (secondary N) is 1. The van der Waals surface area contributed by atoms with Gasteiger partial charge < -0.3 is 10.4 Å². The maximum atomic E-state index is 13.5. The minimum absolute atomic E-state index is 0.0550. The van der Waals surface area contributed by atoms with Gasteiger partial charge in [0.15, 0.2) is 5.69 Å². The van der Waals surface area contributed by atoms with Crippen LogP contribution in [-0.2, 0) is 6.18 Å². The lowest BCUT2D eigenvalue weighted by atomic mass is 10.0. The molecule has 26 heavy (non-hydrogen) atoms. The van der Waals surface area contributed by atoms with Crippen molar-refractivity contribution in [3.8, 4) is 5.69 Å². The monoisotopic (exact) mass is 361 g/mol. The van der Waals surface area contributed by atoms with Gasteiger partial charge in [-0.25, -0.2) is 9.48 Å². The summed E-state index contributed by atoms with van der Waals surface area (Å²) in [7, 11) is 0. The molecule has 3 aromatic rings. The number of hydrogen-bond acceptors (Lipinski definition) is 3. The molecule has 2 heterocycles. The highest BCUT2D eigenvalue weighted by molar-refractivity contribution is 6.25. The Morgan fingerprint density at radius 2 is 2.04 bits per heavy atom. The molecule has 0 saturated heterocycles. The fourth-order valence-electron chi connectivity index (χ4n) is 3.25. The molecule has 0 saturated carbocycles. The van der Waals surface area contributed by atoms with Crippen molar-refractivity contribution >= 4 is 28.3 Å². The van der Waals surface area contributed by atoms with Crippen LogP contribution in [0.5, 0.6) is 0 Å². The van der Waals surface area contributed by atoms with Gasteiger partial charge in [0, 0.05) is 16.3 Å². The summed E-state index contributed by atoms with van der Waals surface area (Å²) in [6.45, 7) is 1.65. The second kappa shape index (κ2) is 5.07. The predicted molar refractivity (Wildman–Crippen MR) is 85.7 cm³/mol. The lowest BCUT2D eigenvalue weighted by Gasteiger charge is -2.15. The van der Waals surface area contributed by atoms with Crippen LogP contribution < -0.4 is 5.32 Å². The quantitative estimate of drug-likeness (QED) is 0.730. The molecule has 132 valence electrons. The number of carbonyl (C=O) groups is 2. The van der Waals surface area contributed by atoms with Crippen LogP contribution in [0.3, 0.4) is 0 Å². The summed E-state index contributed by atoms with van der Waals surface area (Å²) in [6, 6.07) is 6.15. The molecule has 2 aromatic carbocycles. The van der Waals surface area contributed by atoms with E-state index in [1.54, 1.807) is 25.1 Å². The number of anilines is 1. The fraction of sp³-hybridized carbons (Fsp3) is 0.118. The molecule has 0 fully saturated rings. The molecule has 0 atom stereocenters. The normalized spacial score (nSPS) is 13.3. The number of aromatic nitrogens is 2. The number of hydrogen-bond donors (Lipinski definition) is 2. The topological polar surface area (TPSA) is 84.2 Å². The first-order valence-corrected chi connectivity index (χ1v) is 7.46. The highest BCUT2D eigenvalue weighted by Gasteiger charge is 2.41. The average Bonchev–Trinajstić information content (AvgIpc) is 3.14. The molecule has 1 aromatic heterocycles. The van der Waals surface area contributed by atoms with Crippen molar-refractivity contribution in [2.24, 2.45) is 0 Å². The average molecular weight is 361 g/mol. The van der Waals surface area contributed by atoms with Gasteiger partial charge in [-0.05, 0) is 24.6 Å². The Bertz CT molecular complexity index is 1120.